The SMILES string of the molecule is CC(C)(CS)NC(=O)C(CS)CC(=O)O. The molecule has 0 saturated carbocycles. The van der Waals surface area contributed by atoms with Crippen LogP contribution in [0.2, 0.25) is 0 Å². The van der Waals surface area contributed by atoms with E-state index in [-0.39, 0.29) is 18.1 Å². The van der Waals surface area contributed by atoms with Crippen molar-refractivity contribution >= 4 is 37.1 Å². The van der Waals surface area contributed by atoms with Crippen LogP contribution < -0.4 is 5.32 Å². The summed E-state index contributed by atoms with van der Waals surface area (Å²) in [6, 6.07) is 0. The zero-order chi connectivity index (χ0) is 12.1. The molecule has 15 heavy (non-hydrogen) atoms. The van der Waals surface area contributed by atoms with Crippen LogP contribution >= 0.6 is 25.3 Å². The Balaban J connectivity index is 4.34. The monoisotopic (exact) mass is 251 g/mol. The third-order valence-electron chi connectivity index (χ3n) is 1.87. The van der Waals surface area contributed by atoms with E-state index >= 15 is 0 Å². The number of aliphatic carboxylic acids is 1. The Morgan fingerprint density at radius 2 is 1.93 bits per heavy atom. The molecule has 1 atom stereocenters. The van der Waals surface area contributed by atoms with Gasteiger partial charge in [-0.15, -0.1) is 0 Å². The molecule has 0 heterocycles. The summed E-state index contributed by atoms with van der Waals surface area (Å²) in [5, 5.41) is 11.3. The second kappa shape index (κ2) is 6.27. The Hall–Kier alpha value is -0.360. The molecule has 6 heteroatoms. The third-order valence-corrected chi connectivity index (χ3v) is 3.10. The molecule has 0 fully saturated rings. The molecule has 4 nitrogen and oxygen atoms in total. The standard InChI is InChI=1S/C9H17NO3S2/c1-9(2,5-15)10-8(13)6(4-14)3-7(11)12/h6,14-15H,3-5H2,1-2H3,(H,10,13)(H,11,12). The van der Waals surface area contributed by atoms with Gasteiger partial charge in [-0.1, -0.05) is 0 Å². The van der Waals surface area contributed by atoms with Crippen LogP contribution in [0.1, 0.15) is 20.3 Å². The van der Waals surface area contributed by atoms with Crippen LogP contribution in [0.5, 0.6) is 0 Å². The molecule has 0 aliphatic carbocycles. The lowest BCUT2D eigenvalue weighted by molar-refractivity contribution is -0.141. The predicted octanol–water partition coefficient (Wildman–Crippen LogP) is 0.832. The quantitative estimate of drug-likeness (QED) is 0.529. The van der Waals surface area contributed by atoms with E-state index in [1.54, 1.807) is 0 Å². The highest BCUT2D eigenvalue weighted by Crippen LogP contribution is 2.10. The Labute approximate surface area is 101 Å². The summed E-state index contributed by atoms with van der Waals surface area (Å²) in [4.78, 5) is 22.1. The molecule has 0 bridgehead atoms. The van der Waals surface area contributed by atoms with Gasteiger partial charge in [-0.2, -0.15) is 25.3 Å². The van der Waals surface area contributed by atoms with Crippen molar-refractivity contribution in [1.82, 2.24) is 5.32 Å². The molecule has 0 aromatic heterocycles. The summed E-state index contributed by atoms with van der Waals surface area (Å²) in [5.41, 5.74) is -0.431. The van der Waals surface area contributed by atoms with Crippen molar-refractivity contribution in [1.29, 1.82) is 0 Å². The third kappa shape index (κ3) is 5.94. The molecular weight excluding hydrogens is 234 g/mol. The van der Waals surface area contributed by atoms with Gasteiger partial charge in [0.15, 0.2) is 0 Å². The summed E-state index contributed by atoms with van der Waals surface area (Å²) >= 11 is 8.06. The van der Waals surface area contributed by atoms with Crippen molar-refractivity contribution in [2.24, 2.45) is 5.92 Å². The number of carboxylic acid groups (broad SMARTS) is 1. The molecule has 1 amide bonds. The first kappa shape index (κ1) is 14.6. The molecule has 0 aromatic carbocycles. The van der Waals surface area contributed by atoms with Crippen LogP contribution in [0.3, 0.4) is 0 Å². The first-order valence-corrected chi connectivity index (χ1v) is 5.84. The van der Waals surface area contributed by atoms with E-state index in [4.69, 9.17) is 5.11 Å². The minimum atomic E-state index is -0.993. The first-order valence-electron chi connectivity index (χ1n) is 4.58. The molecule has 0 aliphatic rings. The van der Waals surface area contributed by atoms with Crippen LogP contribution in [0, 0.1) is 5.92 Å². The van der Waals surface area contributed by atoms with E-state index in [9.17, 15) is 9.59 Å². The van der Waals surface area contributed by atoms with E-state index in [2.05, 4.69) is 30.6 Å². The van der Waals surface area contributed by atoms with Crippen molar-refractivity contribution in [3.05, 3.63) is 0 Å². The minimum absolute atomic E-state index is 0.196. The second-order valence-electron chi connectivity index (χ2n) is 4.01. The number of nitrogens with one attached hydrogen (secondary N) is 1. The van der Waals surface area contributed by atoms with Crippen LogP contribution in [0.25, 0.3) is 0 Å². The van der Waals surface area contributed by atoms with Crippen molar-refractivity contribution in [3.63, 3.8) is 0 Å². The van der Waals surface area contributed by atoms with Gasteiger partial charge < -0.3 is 10.4 Å². The zero-order valence-electron chi connectivity index (χ0n) is 8.86. The van der Waals surface area contributed by atoms with E-state index in [1.165, 1.54) is 0 Å². The zero-order valence-corrected chi connectivity index (χ0v) is 10.6. The fraction of sp³-hybridized carbons (Fsp3) is 0.778. The Morgan fingerprint density at radius 1 is 1.40 bits per heavy atom. The first-order chi connectivity index (χ1) is 6.82. The maximum Gasteiger partial charge on any atom is 0.304 e. The highest BCUT2D eigenvalue weighted by Gasteiger charge is 2.25. The van der Waals surface area contributed by atoms with Gasteiger partial charge in [0.05, 0.1) is 12.3 Å². The van der Waals surface area contributed by atoms with Crippen LogP contribution in [-0.4, -0.2) is 34.0 Å². The van der Waals surface area contributed by atoms with Crippen LogP contribution in [0.4, 0.5) is 0 Å². The predicted molar refractivity (Wildman–Crippen MR) is 65.7 cm³/mol. The Bertz CT molecular complexity index is 244. The van der Waals surface area contributed by atoms with Gasteiger partial charge in [0.1, 0.15) is 0 Å². The van der Waals surface area contributed by atoms with Gasteiger partial charge >= 0.3 is 5.97 Å². The van der Waals surface area contributed by atoms with Crippen molar-refractivity contribution < 1.29 is 14.7 Å². The number of hydrogen-bond donors (Lipinski definition) is 4. The van der Waals surface area contributed by atoms with Gasteiger partial charge in [0.25, 0.3) is 0 Å². The molecule has 0 saturated heterocycles. The summed E-state index contributed by atoms with van der Waals surface area (Å²) in [7, 11) is 0. The van der Waals surface area contributed by atoms with Crippen molar-refractivity contribution in [3.8, 4) is 0 Å². The molecule has 1 unspecified atom stereocenters. The van der Waals surface area contributed by atoms with Crippen molar-refractivity contribution in [2.45, 2.75) is 25.8 Å². The van der Waals surface area contributed by atoms with Crippen LogP contribution in [0.15, 0.2) is 0 Å². The maximum atomic E-state index is 11.6. The Kier molecular flexibility index (Phi) is 6.12. The minimum Gasteiger partial charge on any atom is -0.481 e. The highest BCUT2D eigenvalue weighted by molar-refractivity contribution is 7.80. The number of carboxylic acids is 1. The number of thiol groups is 2. The lowest BCUT2D eigenvalue weighted by atomic mass is 10.0. The fourth-order valence-corrected chi connectivity index (χ4v) is 1.30. The lowest BCUT2D eigenvalue weighted by Crippen LogP contribution is -2.48. The molecule has 88 valence electrons. The summed E-state index contributed by atoms with van der Waals surface area (Å²) in [6.45, 7) is 3.66. The largest absolute Gasteiger partial charge is 0.481 e. The number of amides is 1. The van der Waals surface area contributed by atoms with E-state index < -0.39 is 17.4 Å². The highest BCUT2D eigenvalue weighted by atomic mass is 32.1. The average Bonchev–Trinajstić information content (AvgIpc) is 2.13. The topological polar surface area (TPSA) is 66.4 Å². The molecule has 0 rings (SSSR count). The molecule has 2 N–H and O–H groups in total. The smallest absolute Gasteiger partial charge is 0.304 e. The van der Waals surface area contributed by atoms with Gasteiger partial charge in [0.2, 0.25) is 5.91 Å². The number of rotatable bonds is 6. The molecular formula is C9H17NO3S2. The molecule has 0 aromatic rings. The average molecular weight is 251 g/mol. The van der Waals surface area contributed by atoms with E-state index in [0.29, 0.717) is 5.75 Å². The number of carbonyl (C=O) groups is 2. The number of hydrogen-bond acceptors (Lipinski definition) is 4. The number of carbonyl (C=O) groups excluding carboxylic acids is 1. The maximum absolute atomic E-state index is 11.6. The lowest BCUT2D eigenvalue weighted by Gasteiger charge is -2.26. The molecule has 0 spiro atoms. The summed E-state index contributed by atoms with van der Waals surface area (Å²) in [5.74, 6) is -1.16. The van der Waals surface area contributed by atoms with Gasteiger partial charge in [0, 0.05) is 17.0 Å². The molecule has 0 aliphatic heterocycles. The van der Waals surface area contributed by atoms with Gasteiger partial charge in [-0.25, -0.2) is 0 Å². The second-order valence-corrected chi connectivity index (χ2v) is 4.69. The summed E-state index contributed by atoms with van der Waals surface area (Å²) < 4.78 is 0. The molecule has 0 radical (unpaired) electrons. The van der Waals surface area contributed by atoms with Gasteiger partial charge in [-0.05, 0) is 13.8 Å². The fourth-order valence-electron chi connectivity index (χ4n) is 0.926. The van der Waals surface area contributed by atoms with E-state index in [0.717, 1.165) is 0 Å². The van der Waals surface area contributed by atoms with Crippen molar-refractivity contribution in [2.75, 3.05) is 11.5 Å². The summed E-state index contributed by atoms with van der Waals surface area (Å²) in [6.07, 6.45) is -0.196. The van der Waals surface area contributed by atoms with Crippen LogP contribution in [-0.2, 0) is 9.59 Å². The Morgan fingerprint density at radius 3 is 2.27 bits per heavy atom. The normalized spacial score (nSPS) is 13.3. The van der Waals surface area contributed by atoms with Gasteiger partial charge in [-0.3, -0.25) is 9.59 Å². The van der Waals surface area contributed by atoms with E-state index in [1.807, 2.05) is 13.8 Å².